The zero-order valence-electron chi connectivity index (χ0n) is 13.2. The summed E-state index contributed by atoms with van der Waals surface area (Å²) in [7, 11) is 0. The van der Waals surface area contributed by atoms with E-state index in [4.69, 9.17) is 4.74 Å². The number of nitrogens with zero attached hydrogens (tertiary/aromatic N) is 1. The summed E-state index contributed by atoms with van der Waals surface area (Å²) in [5, 5.41) is 13.5. The zero-order valence-corrected chi connectivity index (χ0v) is 13.2. The first-order valence-electron chi connectivity index (χ1n) is 7.43. The lowest BCUT2D eigenvalue weighted by Crippen LogP contribution is -2.50. The van der Waals surface area contributed by atoms with Crippen molar-refractivity contribution in [3.05, 3.63) is 34.4 Å². The summed E-state index contributed by atoms with van der Waals surface area (Å²) >= 11 is 0. The lowest BCUT2D eigenvalue weighted by atomic mass is 9.66. The van der Waals surface area contributed by atoms with Gasteiger partial charge in [0.2, 0.25) is 0 Å². The first kappa shape index (κ1) is 15.5. The Morgan fingerprint density at radius 1 is 1.30 bits per heavy atom. The van der Waals surface area contributed by atoms with E-state index in [2.05, 4.69) is 5.32 Å². The smallest absolute Gasteiger partial charge is 0.313 e. The minimum absolute atomic E-state index is 0.112. The molecule has 0 unspecified atom stereocenters. The third-order valence-electron chi connectivity index (χ3n) is 5.77. The molecule has 2 fully saturated rings. The number of esters is 1. The molecule has 0 spiro atoms. The molecule has 7 heteroatoms. The SMILES string of the molecule is CC1(C)[C@]2(C)CC[C@]1(C(=O)Nc1cccc([N+](=O)[O-])c1)OC2=O. The first-order valence-corrected chi connectivity index (χ1v) is 7.43. The molecule has 1 saturated carbocycles. The van der Waals surface area contributed by atoms with Crippen LogP contribution in [-0.4, -0.2) is 22.4 Å². The second-order valence-electron chi connectivity index (χ2n) is 6.94. The van der Waals surface area contributed by atoms with Crippen LogP contribution in [0.2, 0.25) is 0 Å². The number of carbonyl (C=O) groups is 2. The van der Waals surface area contributed by atoms with Crippen molar-refractivity contribution in [2.24, 2.45) is 10.8 Å². The van der Waals surface area contributed by atoms with E-state index in [-0.39, 0.29) is 11.7 Å². The molecule has 1 aliphatic heterocycles. The molecule has 3 rings (SSSR count). The van der Waals surface area contributed by atoms with Gasteiger partial charge in [0.25, 0.3) is 11.6 Å². The standard InChI is InChI=1S/C16H18N2O5/c1-14(2)15(3)7-8-16(14,23-13(15)20)12(19)17-10-5-4-6-11(9-10)18(21)22/h4-6,9H,7-8H2,1-3H3,(H,17,19)/t15-,16-/m1/s1. The van der Waals surface area contributed by atoms with Crippen LogP contribution in [0.3, 0.4) is 0 Å². The highest BCUT2D eigenvalue weighted by atomic mass is 16.6. The number of non-ortho nitro benzene ring substituents is 1. The molecule has 2 aliphatic rings. The maximum atomic E-state index is 12.8. The number of nitro benzene ring substituents is 1. The molecule has 2 bridgehead atoms. The van der Waals surface area contributed by atoms with Crippen LogP contribution in [0.15, 0.2) is 24.3 Å². The maximum absolute atomic E-state index is 12.8. The number of fused-ring (bicyclic) bond motifs is 2. The summed E-state index contributed by atoms with van der Waals surface area (Å²) in [5.74, 6) is -0.791. The van der Waals surface area contributed by atoms with E-state index in [1.54, 1.807) is 6.07 Å². The number of benzene rings is 1. The van der Waals surface area contributed by atoms with Gasteiger partial charge < -0.3 is 10.1 Å². The number of carbonyl (C=O) groups excluding carboxylic acids is 2. The highest BCUT2D eigenvalue weighted by molar-refractivity contribution is 6.03. The van der Waals surface area contributed by atoms with Crippen LogP contribution in [-0.2, 0) is 14.3 Å². The summed E-state index contributed by atoms with van der Waals surface area (Å²) < 4.78 is 5.49. The molecule has 23 heavy (non-hydrogen) atoms. The number of rotatable bonds is 3. The van der Waals surface area contributed by atoms with Crippen LogP contribution in [0.4, 0.5) is 11.4 Å². The molecular weight excluding hydrogens is 300 g/mol. The van der Waals surface area contributed by atoms with Gasteiger partial charge in [0.15, 0.2) is 5.60 Å². The number of nitrogens with one attached hydrogen (secondary N) is 1. The van der Waals surface area contributed by atoms with Gasteiger partial charge in [0.05, 0.1) is 10.3 Å². The van der Waals surface area contributed by atoms with Gasteiger partial charge in [-0.2, -0.15) is 0 Å². The third kappa shape index (κ3) is 1.82. The van der Waals surface area contributed by atoms with Gasteiger partial charge in [-0.25, -0.2) is 0 Å². The minimum atomic E-state index is -1.23. The lowest BCUT2D eigenvalue weighted by molar-refractivity contribution is -0.384. The van der Waals surface area contributed by atoms with Crippen molar-refractivity contribution in [1.29, 1.82) is 0 Å². The van der Waals surface area contributed by atoms with E-state index >= 15 is 0 Å². The quantitative estimate of drug-likeness (QED) is 0.525. The predicted octanol–water partition coefficient (Wildman–Crippen LogP) is 2.66. The Hall–Kier alpha value is -2.44. The summed E-state index contributed by atoms with van der Waals surface area (Å²) in [6.45, 7) is 5.54. The van der Waals surface area contributed by atoms with Crippen molar-refractivity contribution in [2.45, 2.75) is 39.2 Å². The number of nitro groups is 1. The molecule has 0 aromatic heterocycles. The fourth-order valence-electron chi connectivity index (χ4n) is 3.68. The predicted molar refractivity (Wildman–Crippen MR) is 81.7 cm³/mol. The zero-order chi connectivity index (χ0) is 17.0. The number of ether oxygens (including phenoxy) is 1. The molecule has 1 aliphatic carbocycles. The second kappa shape index (κ2) is 4.53. The van der Waals surface area contributed by atoms with Gasteiger partial charge in [0.1, 0.15) is 0 Å². The molecule has 122 valence electrons. The van der Waals surface area contributed by atoms with Crippen LogP contribution in [0.1, 0.15) is 33.6 Å². The van der Waals surface area contributed by atoms with Gasteiger partial charge in [-0.3, -0.25) is 19.7 Å². The molecule has 1 amide bonds. The van der Waals surface area contributed by atoms with Crippen LogP contribution in [0.5, 0.6) is 0 Å². The molecule has 7 nitrogen and oxygen atoms in total. The normalized spacial score (nSPS) is 30.8. The third-order valence-corrected chi connectivity index (χ3v) is 5.77. The van der Waals surface area contributed by atoms with Crippen molar-refractivity contribution in [3.8, 4) is 0 Å². The fourth-order valence-corrected chi connectivity index (χ4v) is 3.68. The summed E-state index contributed by atoms with van der Waals surface area (Å²) in [6.07, 6.45) is 1.03. The van der Waals surface area contributed by atoms with E-state index in [0.717, 1.165) is 0 Å². The molecule has 1 aromatic carbocycles. The average molecular weight is 318 g/mol. The van der Waals surface area contributed by atoms with Crippen LogP contribution in [0.25, 0.3) is 0 Å². The van der Waals surface area contributed by atoms with E-state index in [1.807, 2.05) is 20.8 Å². The van der Waals surface area contributed by atoms with Crippen molar-refractivity contribution >= 4 is 23.3 Å². The molecule has 1 aromatic rings. The molecular formula is C16H18N2O5. The maximum Gasteiger partial charge on any atom is 0.313 e. The van der Waals surface area contributed by atoms with E-state index < -0.39 is 27.3 Å². The Kier molecular flexibility index (Phi) is 3.05. The Morgan fingerprint density at radius 2 is 2.00 bits per heavy atom. The van der Waals surface area contributed by atoms with Crippen LogP contribution in [0, 0.1) is 20.9 Å². The van der Waals surface area contributed by atoms with Crippen molar-refractivity contribution in [3.63, 3.8) is 0 Å². The first-order chi connectivity index (χ1) is 10.6. The topological polar surface area (TPSA) is 98.5 Å². The number of hydrogen-bond donors (Lipinski definition) is 1. The van der Waals surface area contributed by atoms with E-state index in [0.29, 0.717) is 18.5 Å². The molecule has 1 saturated heterocycles. The Labute approximate surface area is 133 Å². The molecule has 0 radical (unpaired) electrons. The summed E-state index contributed by atoms with van der Waals surface area (Å²) in [6, 6.07) is 5.70. The van der Waals surface area contributed by atoms with Crippen LogP contribution >= 0.6 is 0 Å². The molecule has 1 N–H and O–H groups in total. The number of anilines is 1. The Morgan fingerprint density at radius 3 is 2.52 bits per heavy atom. The highest BCUT2D eigenvalue weighted by Gasteiger charge is 2.75. The van der Waals surface area contributed by atoms with Gasteiger partial charge in [-0.15, -0.1) is 0 Å². The van der Waals surface area contributed by atoms with Crippen molar-refractivity contribution in [2.75, 3.05) is 5.32 Å². The lowest BCUT2D eigenvalue weighted by Gasteiger charge is -2.35. The van der Waals surface area contributed by atoms with Crippen LogP contribution < -0.4 is 5.32 Å². The second-order valence-corrected chi connectivity index (χ2v) is 6.94. The monoisotopic (exact) mass is 318 g/mol. The number of hydrogen-bond acceptors (Lipinski definition) is 5. The van der Waals surface area contributed by atoms with Crippen molar-refractivity contribution < 1.29 is 19.2 Å². The highest BCUT2D eigenvalue weighted by Crippen LogP contribution is 2.65. The van der Waals surface area contributed by atoms with Crippen molar-refractivity contribution in [1.82, 2.24) is 0 Å². The van der Waals surface area contributed by atoms with Gasteiger partial charge >= 0.3 is 5.97 Å². The van der Waals surface area contributed by atoms with Gasteiger partial charge in [0, 0.05) is 23.2 Å². The molecule has 1 heterocycles. The van der Waals surface area contributed by atoms with E-state index in [9.17, 15) is 19.7 Å². The number of amides is 1. The Balaban J connectivity index is 1.91. The van der Waals surface area contributed by atoms with Gasteiger partial charge in [-0.1, -0.05) is 19.9 Å². The minimum Gasteiger partial charge on any atom is -0.448 e. The molecule has 2 atom stereocenters. The summed E-state index contributed by atoms with van der Waals surface area (Å²) in [5.41, 5.74) is -2.37. The van der Waals surface area contributed by atoms with Gasteiger partial charge in [-0.05, 0) is 25.8 Å². The Bertz CT molecular complexity index is 729. The summed E-state index contributed by atoms with van der Waals surface area (Å²) in [4.78, 5) is 35.3. The van der Waals surface area contributed by atoms with E-state index in [1.165, 1.54) is 18.2 Å². The fraction of sp³-hybridized carbons (Fsp3) is 0.500. The largest absolute Gasteiger partial charge is 0.448 e. The average Bonchev–Trinajstić information content (AvgIpc) is 2.78.